The highest BCUT2D eigenvalue weighted by atomic mass is 31.0. The van der Waals surface area contributed by atoms with Gasteiger partial charge in [-0.3, -0.25) is 0 Å². The number of hydrogen-bond acceptors (Lipinski definition) is 4. The van der Waals surface area contributed by atoms with Crippen LogP contribution in [-0.4, -0.2) is 46.3 Å². The largest absolute Gasteiger partial charge is 0.450 e. The highest BCUT2D eigenvalue weighted by Gasteiger charge is 2.64. The van der Waals surface area contributed by atoms with Gasteiger partial charge in [0.2, 0.25) is 0 Å². The number of fused-ring (bicyclic) bond motifs is 5. The lowest BCUT2D eigenvalue weighted by atomic mass is 9.41. The van der Waals surface area contributed by atoms with Crippen molar-refractivity contribution in [2.75, 3.05) is 6.61 Å². The quantitative estimate of drug-likeness (QED) is 0.413. The second kappa shape index (κ2) is 9.42. The Balaban J connectivity index is 1.27. The van der Waals surface area contributed by atoms with Crippen LogP contribution in [0.25, 0.3) is 0 Å². The summed E-state index contributed by atoms with van der Waals surface area (Å²) in [7, 11) is 3.10. The molecule has 12 atom stereocenters. The number of aliphatic hydroxyl groups excluding tert-OH is 2. The maximum Gasteiger partial charge on any atom is 0.407 e. The third-order valence-electron chi connectivity index (χ3n) is 12.1. The van der Waals surface area contributed by atoms with Gasteiger partial charge in [0.25, 0.3) is 0 Å². The van der Waals surface area contributed by atoms with Crippen molar-refractivity contribution in [3.8, 4) is 0 Å². The molecule has 3 N–H and O–H groups in total. The van der Waals surface area contributed by atoms with Crippen LogP contribution in [0.2, 0.25) is 0 Å². The smallest absolute Gasteiger partial charge is 0.407 e. The summed E-state index contributed by atoms with van der Waals surface area (Å²) in [6, 6.07) is 0. The molecule has 5 aliphatic rings. The minimum Gasteiger partial charge on any atom is -0.450 e. The second-order valence-electron chi connectivity index (χ2n) is 13.9. The SMILES string of the molecule is CC[C@H]1[C@@H](O)C2[C@@H]3CC[C@H]([C@H](P)CCOC(=O)NC4(C)CC4)[C@@]3(C)CC[C@@H]2[C@@]2(C)CC[C@@H](O)C[C@@H]12. The monoisotopic (exact) mass is 507 g/mol. The fourth-order valence-electron chi connectivity index (χ4n) is 9.79. The van der Waals surface area contributed by atoms with E-state index in [1.165, 1.54) is 25.7 Å². The lowest BCUT2D eigenvalue weighted by Crippen LogP contribution is -2.62. The summed E-state index contributed by atoms with van der Waals surface area (Å²) in [6.45, 7) is 9.81. The van der Waals surface area contributed by atoms with Gasteiger partial charge in [0.15, 0.2) is 0 Å². The molecule has 35 heavy (non-hydrogen) atoms. The fourth-order valence-corrected chi connectivity index (χ4v) is 10.6. The molecular weight excluding hydrogens is 457 g/mol. The number of rotatable bonds is 6. The Morgan fingerprint density at radius 1 is 1.00 bits per heavy atom. The standard InChI is InChI=1S/C29H50NO4P/c1-5-18-22-16-17(31)8-11-29(22,4)21-9-12-28(3)19(6-7-20(28)24(21)25(18)32)23(35)10-15-34-26(33)30-27(2)13-14-27/h17-25,31-32H,5-16,35H2,1-4H3,(H,30,33)/t17-,18-,19-,20+,21+,22+,23-,24?,25-,28-,29-/m1/s1. The van der Waals surface area contributed by atoms with Gasteiger partial charge in [-0.2, -0.15) is 0 Å². The lowest BCUT2D eigenvalue weighted by molar-refractivity contribution is -0.202. The summed E-state index contributed by atoms with van der Waals surface area (Å²) >= 11 is 0. The molecule has 0 aromatic carbocycles. The first-order valence-corrected chi connectivity index (χ1v) is 15.3. The van der Waals surface area contributed by atoms with Crippen LogP contribution in [0.1, 0.15) is 98.3 Å². The van der Waals surface area contributed by atoms with Crippen molar-refractivity contribution < 1.29 is 19.7 Å². The summed E-state index contributed by atoms with van der Waals surface area (Å²) in [6.07, 6.45) is 11.1. The van der Waals surface area contributed by atoms with E-state index < -0.39 is 0 Å². The summed E-state index contributed by atoms with van der Waals surface area (Å²) in [5, 5.41) is 25.3. The van der Waals surface area contributed by atoms with Gasteiger partial charge in [-0.25, -0.2) is 4.79 Å². The van der Waals surface area contributed by atoms with Gasteiger partial charge in [-0.15, -0.1) is 9.24 Å². The molecule has 0 radical (unpaired) electrons. The Morgan fingerprint density at radius 3 is 2.37 bits per heavy atom. The molecule has 0 spiro atoms. The van der Waals surface area contributed by atoms with Crippen LogP contribution in [-0.2, 0) is 4.74 Å². The summed E-state index contributed by atoms with van der Waals surface area (Å²) in [5.41, 5.74) is 0.893. The number of aliphatic hydroxyl groups is 2. The highest BCUT2D eigenvalue weighted by molar-refractivity contribution is 7.17. The van der Waals surface area contributed by atoms with Crippen molar-refractivity contribution in [2.24, 2.45) is 46.3 Å². The predicted octanol–water partition coefficient (Wildman–Crippen LogP) is 5.53. The van der Waals surface area contributed by atoms with Crippen LogP contribution >= 0.6 is 9.24 Å². The van der Waals surface area contributed by atoms with E-state index in [9.17, 15) is 15.0 Å². The summed E-state index contributed by atoms with van der Waals surface area (Å²) < 4.78 is 5.55. The molecular formula is C29H50NO4P. The molecule has 0 aromatic heterocycles. The van der Waals surface area contributed by atoms with Crippen molar-refractivity contribution in [1.82, 2.24) is 5.32 Å². The van der Waals surface area contributed by atoms with Crippen LogP contribution in [0.15, 0.2) is 0 Å². The molecule has 2 unspecified atom stereocenters. The van der Waals surface area contributed by atoms with E-state index >= 15 is 0 Å². The molecule has 1 amide bonds. The summed E-state index contributed by atoms with van der Waals surface area (Å²) in [4.78, 5) is 12.1. The van der Waals surface area contributed by atoms with Crippen LogP contribution < -0.4 is 5.32 Å². The van der Waals surface area contributed by atoms with Gasteiger partial charge in [0.1, 0.15) is 0 Å². The third kappa shape index (κ3) is 4.48. The van der Waals surface area contributed by atoms with E-state index in [0.29, 0.717) is 47.8 Å². The highest BCUT2D eigenvalue weighted by Crippen LogP contribution is 2.69. The van der Waals surface area contributed by atoms with Crippen molar-refractivity contribution in [1.29, 1.82) is 0 Å². The zero-order chi connectivity index (χ0) is 25.2. The Kier molecular flexibility index (Phi) is 7.06. The number of ether oxygens (including phenoxy) is 1. The van der Waals surface area contributed by atoms with E-state index in [2.05, 4.69) is 42.3 Å². The molecule has 5 saturated carbocycles. The topological polar surface area (TPSA) is 78.8 Å². The number of hydrogen-bond donors (Lipinski definition) is 3. The molecule has 5 nitrogen and oxygen atoms in total. The van der Waals surface area contributed by atoms with Gasteiger partial charge >= 0.3 is 6.09 Å². The predicted molar refractivity (Wildman–Crippen MR) is 142 cm³/mol. The van der Waals surface area contributed by atoms with Crippen LogP contribution in [0.3, 0.4) is 0 Å². The molecule has 0 aromatic rings. The van der Waals surface area contributed by atoms with E-state index in [-0.39, 0.29) is 34.7 Å². The second-order valence-corrected chi connectivity index (χ2v) is 14.8. The van der Waals surface area contributed by atoms with E-state index in [1.807, 2.05) is 0 Å². The normalized spacial score (nSPS) is 48.8. The Labute approximate surface area is 215 Å². The zero-order valence-corrected chi connectivity index (χ0v) is 23.6. The van der Waals surface area contributed by atoms with Gasteiger partial charge in [-0.1, -0.05) is 27.2 Å². The van der Waals surface area contributed by atoms with Crippen molar-refractivity contribution >= 4 is 15.3 Å². The van der Waals surface area contributed by atoms with Crippen molar-refractivity contribution in [3.05, 3.63) is 0 Å². The Morgan fingerprint density at radius 2 is 1.69 bits per heavy atom. The van der Waals surface area contributed by atoms with Crippen LogP contribution in [0.4, 0.5) is 4.79 Å². The molecule has 5 aliphatic carbocycles. The maximum atomic E-state index is 12.1. The zero-order valence-electron chi connectivity index (χ0n) is 22.5. The number of nitrogens with one attached hydrogen (secondary N) is 1. The van der Waals surface area contributed by atoms with Crippen molar-refractivity contribution in [2.45, 2.75) is 122 Å². The summed E-state index contributed by atoms with van der Waals surface area (Å²) in [5.74, 6) is 2.89. The van der Waals surface area contributed by atoms with Crippen LogP contribution in [0.5, 0.6) is 0 Å². The number of carbonyl (C=O) groups excluding carboxylic acids is 1. The minimum absolute atomic E-state index is 0.0362. The van der Waals surface area contributed by atoms with Crippen molar-refractivity contribution in [3.63, 3.8) is 0 Å². The Bertz CT molecular complexity index is 804. The molecule has 5 rings (SSSR count). The lowest BCUT2D eigenvalue weighted by Gasteiger charge is -2.64. The first-order valence-electron chi connectivity index (χ1n) is 14.6. The first-order chi connectivity index (χ1) is 16.5. The van der Waals surface area contributed by atoms with Gasteiger partial charge in [0.05, 0.1) is 18.8 Å². The fraction of sp³-hybridized carbons (Fsp3) is 0.966. The van der Waals surface area contributed by atoms with Gasteiger partial charge in [-0.05, 0) is 123 Å². The minimum atomic E-state index is -0.269. The molecule has 6 heteroatoms. The molecule has 0 aliphatic heterocycles. The Hall–Kier alpha value is -0.380. The van der Waals surface area contributed by atoms with E-state index in [1.54, 1.807) is 0 Å². The first kappa shape index (κ1) is 26.2. The molecule has 5 fully saturated rings. The molecule has 200 valence electrons. The van der Waals surface area contributed by atoms with Gasteiger partial charge in [0, 0.05) is 5.54 Å². The van der Waals surface area contributed by atoms with Crippen LogP contribution in [0, 0.1) is 46.3 Å². The van der Waals surface area contributed by atoms with E-state index in [4.69, 9.17) is 4.74 Å². The average molecular weight is 508 g/mol. The molecule has 0 bridgehead atoms. The average Bonchev–Trinajstić information content (AvgIpc) is 3.41. The maximum absolute atomic E-state index is 12.1. The molecule has 0 saturated heterocycles. The van der Waals surface area contributed by atoms with Gasteiger partial charge < -0.3 is 20.3 Å². The number of amides is 1. The number of alkyl carbamates (subject to hydrolysis) is 1. The van der Waals surface area contributed by atoms with E-state index in [0.717, 1.165) is 44.9 Å². The third-order valence-corrected chi connectivity index (χ3v) is 12.9. The molecule has 0 heterocycles. The number of carbonyl (C=O) groups is 1.